The van der Waals surface area contributed by atoms with Crippen molar-refractivity contribution in [1.82, 2.24) is 0 Å². The Balaban J connectivity index is 0.000000500. The van der Waals surface area contributed by atoms with Crippen molar-refractivity contribution >= 4 is 43.1 Å². The number of fused-ring (bicyclic) bond motifs is 1. The molecule has 0 unspecified atom stereocenters. The number of nitrogens with zero attached hydrogens (tertiary/aromatic N) is 3. The Hall–Kier alpha value is -0.670. The van der Waals surface area contributed by atoms with E-state index in [1.165, 1.54) is 0 Å². The summed E-state index contributed by atoms with van der Waals surface area (Å²) in [6.07, 6.45) is 5.95. The van der Waals surface area contributed by atoms with Crippen LogP contribution in [0.3, 0.4) is 0 Å². The zero-order valence-electron chi connectivity index (χ0n) is 5.60. The fourth-order valence-electron chi connectivity index (χ4n) is 0.829. The highest BCUT2D eigenvalue weighted by atomic mass is 35.5. The number of rotatable bonds is 0. The number of hydrogen-bond donors (Lipinski definition) is 0. The van der Waals surface area contributed by atoms with Gasteiger partial charge in [-0.3, -0.25) is 4.99 Å². The number of aliphatic imine (C=N–C) groups is 3. The predicted molar refractivity (Wildman–Crippen MR) is 51.6 cm³/mol. The van der Waals surface area contributed by atoms with Gasteiger partial charge in [0.05, 0.1) is 11.9 Å². The van der Waals surface area contributed by atoms with Crippen LogP contribution in [-0.4, -0.2) is 18.3 Å². The second-order valence-corrected chi connectivity index (χ2v) is 1.87. The molecule has 60 valence electrons. The third-order valence-corrected chi connectivity index (χ3v) is 1.29. The van der Waals surface area contributed by atoms with Crippen molar-refractivity contribution < 1.29 is 0 Å². The third-order valence-electron chi connectivity index (χ3n) is 1.29. The van der Waals surface area contributed by atoms with Crippen LogP contribution in [0, 0.1) is 0 Å². The molecule has 0 bridgehead atoms. The molecule has 0 saturated carbocycles. The van der Waals surface area contributed by atoms with Crippen LogP contribution in [0.4, 0.5) is 0 Å². The molecular formula is C6H7Cl2N3. The topological polar surface area (TPSA) is 37.1 Å². The van der Waals surface area contributed by atoms with Gasteiger partial charge in [0, 0.05) is 12.6 Å². The summed E-state index contributed by atoms with van der Waals surface area (Å²) in [7, 11) is 0. The minimum absolute atomic E-state index is 0. The van der Waals surface area contributed by atoms with Crippen LogP contribution in [0.2, 0.25) is 0 Å². The monoisotopic (exact) mass is 191 g/mol. The summed E-state index contributed by atoms with van der Waals surface area (Å²) < 4.78 is 0. The molecule has 11 heavy (non-hydrogen) atoms. The standard InChI is InChI=1S/C6H5N3.2ClH/c1-2-7-3-6-5(1)8-4-9-6;;/h2-4H,1H2;2*1H. The molecule has 2 aliphatic heterocycles. The Morgan fingerprint density at radius 1 is 1.27 bits per heavy atom. The largest absolute Gasteiger partial charge is 0.266 e. The van der Waals surface area contributed by atoms with Crippen LogP contribution < -0.4 is 0 Å². The number of allylic oxidation sites excluding steroid dienone is 1. The van der Waals surface area contributed by atoms with Gasteiger partial charge in [0.25, 0.3) is 0 Å². The molecule has 0 N–H and O–H groups in total. The van der Waals surface area contributed by atoms with E-state index >= 15 is 0 Å². The zero-order valence-corrected chi connectivity index (χ0v) is 7.23. The fourth-order valence-corrected chi connectivity index (χ4v) is 0.829. The molecule has 0 spiro atoms. The summed E-state index contributed by atoms with van der Waals surface area (Å²) in [6.45, 7) is 0. The van der Waals surface area contributed by atoms with Crippen LogP contribution in [0.5, 0.6) is 0 Å². The first-order valence-electron chi connectivity index (χ1n) is 2.78. The Bertz CT molecular complexity index is 253. The quantitative estimate of drug-likeness (QED) is 0.559. The molecule has 0 fully saturated rings. The summed E-state index contributed by atoms with van der Waals surface area (Å²) in [6, 6.07) is 0. The highest BCUT2D eigenvalue weighted by Crippen LogP contribution is 2.11. The molecule has 0 aliphatic carbocycles. The molecular weight excluding hydrogens is 185 g/mol. The van der Waals surface area contributed by atoms with E-state index in [1.807, 2.05) is 6.21 Å². The van der Waals surface area contributed by atoms with Gasteiger partial charge in [-0.1, -0.05) is 0 Å². The predicted octanol–water partition coefficient (Wildman–Crippen LogP) is 1.63. The molecule has 0 radical (unpaired) electrons. The average Bonchev–Trinajstić information content (AvgIpc) is 2.33. The van der Waals surface area contributed by atoms with Gasteiger partial charge in [0.2, 0.25) is 0 Å². The molecule has 0 atom stereocenters. The first kappa shape index (κ1) is 10.3. The first-order chi connectivity index (χ1) is 4.47. The van der Waals surface area contributed by atoms with Crippen molar-refractivity contribution in [1.29, 1.82) is 0 Å². The van der Waals surface area contributed by atoms with Gasteiger partial charge in [-0.25, -0.2) is 9.98 Å². The summed E-state index contributed by atoms with van der Waals surface area (Å²) in [5.41, 5.74) is 1.95. The maximum absolute atomic E-state index is 4.02. The van der Waals surface area contributed by atoms with Crippen molar-refractivity contribution in [3.8, 4) is 0 Å². The second kappa shape index (κ2) is 4.26. The van der Waals surface area contributed by atoms with E-state index in [0.717, 1.165) is 17.8 Å². The highest BCUT2D eigenvalue weighted by molar-refractivity contribution is 6.13. The highest BCUT2D eigenvalue weighted by Gasteiger charge is 2.10. The summed E-state index contributed by atoms with van der Waals surface area (Å²) in [4.78, 5) is 11.9. The van der Waals surface area contributed by atoms with E-state index in [1.54, 1.807) is 12.5 Å². The Labute approximate surface area is 76.9 Å². The lowest BCUT2D eigenvalue weighted by atomic mass is 10.2. The maximum Gasteiger partial charge on any atom is 0.116 e. The van der Waals surface area contributed by atoms with E-state index in [2.05, 4.69) is 15.0 Å². The zero-order chi connectivity index (χ0) is 6.10. The van der Waals surface area contributed by atoms with Gasteiger partial charge in [-0.2, -0.15) is 0 Å². The van der Waals surface area contributed by atoms with Gasteiger partial charge in [0.15, 0.2) is 0 Å². The lowest BCUT2D eigenvalue weighted by molar-refractivity contribution is 1.36. The van der Waals surface area contributed by atoms with Gasteiger partial charge >= 0.3 is 0 Å². The average molecular weight is 192 g/mol. The van der Waals surface area contributed by atoms with Crippen LogP contribution in [0.15, 0.2) is 26.9 Å². The van der Waals surface area contributed by atoms with Crippen LogP contribution in [0.25, 0.3) is 0 Å². The minimum atomic E-state index is 0. The normalized spacial score (nSPS) is 17.5. The van der Waals surface area contributed by atoms with Crippen molar-refractivity contribution in [3.63, 3.8) is 0 Å². The molecule has 0 aromatic heterocycles. The summed E-state index contributed by atoms with van der Waals surface area (Å²) >= 11 is 0. The second-order valence-electron chi connectivity index (χ2n) is 1.87. The van der Waals surface area contributed by atoms with Gasteiger partial charge in [-0.05, 0) is 0 Å². The molecule has 2 aliphatic rings. The molecule has 0 amide bonds. The number of halogens is 2. The van der Waals surface area contributed by atoms with Crippen molar-refractivity contribution in [3.05, 3.63) is 11.9 Å². The maximum atomic E-state index is 4.02. The molecule has 2 rings (SSSR count). The van der Waals surface area contributed by atoms with Crippen molar-refractivity contribution in [2.75, 3.05) is 0 Å². The lowest BCUT2D eigenvalue weighted by Crippen LogP contribution is -2.01. The van der Waals surface area contributed by atoms with E-state index in [0.29, 0.717) is 0 Å². The van der Waals surface area contributed by atoms with Gasteiger partial charge in [-0.15, -0.1) is 24.8 Å². The minimum Gasteiger partial charge on any atom is -0.266 e. The smallest absolute Gasteiger partial charge is 0.116 e. The van der Waals surface area contributed by atoms with Crippen LogP contribution in [0.1, 0.15) is 6.42 Å². The van der Waals surface area contributed by atoms with Gasteiger partial charge in [0.1, 0.15) is 12.0 Å². The van der Waals surface area contributed by atoms with E-state index in [4.69, 9.17) is 0 Å². The van der Waals surface area contributed by atoms with Gasteiger partial charge < -0.3 is 0 Å². The molecule has 0 aromatic rings. The first-order valence-corrected chi connectivity index (χ1v) is 2.78. The molecule has 3 nitrogen and oxygen atoms in total. The molecule has 0 saturated heterocycles. The van der Waals surface area contributed by atoms with Crippen LogP contribution >= 0.6 is 24.8 Å². The van der Waals surface area contributed by atoms with Crippen molar-refractivity contribution in [2.45, 2.75) is 6.42 Å². The Morgan fingerprint density at radius 3 is 2.82 bits per heavy atom. The fraction of sp³-hybridized carbons (Fsp3) is 0.167. The molecule has 5 heteroatoms. The molecule has 2 heterocycles. The summed E-state index contributed by atoms with van der Waals surface area (Å²) in [5.74, 6) is 0. The summed E-state index contributed by atoms with van der Waals surface area (Å²) in [5, 5.41) is 0. The Morgan fingerprint density at radius 2 is 2.09 bits per heavy atom. The Kier molecular flexibility index (Phi) is 4.00. The number of hydrogen-bond acceptors (Lipinski definition) is 3. The lowest BCUT2D eigenvalue weighted by Gasteiger charge is -1.98. The molecule has 0 aromatic carbocycles. The van der Waals surface area contributed by atoms with E-state index < -0.39 is 0 Å². The van der Waals surface area contributed by atoms with E-state index in [9.17, 15) is 0 Å². The van der Waals surface area contributed by atoms with Crippen molar-refractivity contribution in [2.24, 2.45) is 15.0 Å². The van der Waals surface area contributed by atoms with E-state index in [-0.39, 0.29) is 24.8 Å². The van der Waals surface area contributed by atoms with Crippen LogP contribution in [-0.2, 0) is 0 Å². The SMILES string of the molecule is C1=NC=C2N=CN=C2C1.Cl.Cl. The third kappa shape index (κ3) is 1.88.